The lowest BCUT2D eigenvalue weighted by Crippen LogP contribution is -2.40. The van der Waals surface area contributed by atoms with Gasteiger partial charge in [0.25, 0.3) is 11.7 Å². The first kappa shape index (κ1) is 19.1. The van der Waals surface area contributed by atoms with Crippen molar-refractivity contribution in [1.82, 2.24) is 5.32 Å². The van der Waals surface area contributed by atoms with Gasteiger partial charge in [0.05, 0.1) is 0 Å². The molecule has 0 bridgehead atoms. The molecule has 2 aliphatic rings. The van der Waals surface area contributed by atoms with Gasteiger partial charge in [-0.1, -0.05) is 18.6 Å². The quantitative estimate of drug-likeness (QED) is 0.767. The van der Waals surface area contributed by atoms with Gasteiger partial charge in [0.15, 0.2) is 11.5 Å². The lowest BCUT2D eigenvalue weighted by molar-refractivity contribution is -0.111. The molecule has 2 aromatic rings. The average molecular weight is 392 g/mol. The number of rotatable bonds is 4. The molecule has 6 heteroatoms. The summed E-state index contributed by atoms with van der Waals surface area (Å²) in [6, 6.07) is 12.5. The molecular formula is C23H24N2O4. The van der Waals surface area contributed by atoms with Gasteiger partial charge in [0.1, 0.15) is 0 Å². The minimum Gasteiger partial charge on any atom is -0.448 e. The number of benzene rings is 2. The Morgan fingerprint density at radius 2 is 1.69 bits per heavy atom. The molecule has 0 unspecified atom stereocenters. The summed E-state index contributed by atoms with van der Waals surface area (Å²) in [5.74, 6) is 0.502. The fraction of sp³-hybridized carbons (Fsp3) is 0.304. The number of nitrogens with one attached hydrogen (secondary N) is 2. The first-order chi connectivity index (χ1) is 14.1. The minimum atomic E-state index is -0.524. The molecule has 0 atom stereocenters. The maximum atomic E-state index is 12.3. The van der Waals surface area contributed by atoms with Crippen molar-refractivity contribution < 1.29 is 19.1 Å². The van der Waals surface area contributed by atoms with Crippen LogP contribution in [0, 0.1) is 0 Å². The van der Waals surface area contributed by atoms with E-state index >= 15 is 0 Å². The highest BCUT2D eigenvalue weighted by Gasteiger charge is 2.42. The number of hydrogen-bond acceptors (Lipinski definition) is 4. The first-order valence-electron chi connectivity index (χ1n) is 9.90. The van der Waals surface area contributed by atoms with Gasteiger partial charge in [-0.15, -0.1) is 0 Å². The van der Waals surface area contributed by atoms with Crippen molar-refractivity contribution in [1.29, 1.82) is 0 Å². The topological polar surface area (TPSA) is 76.7 Å². The van der Waals surface area contributed by atoms with E-state index in [1.54, 1.807) is 37.4 Å². The molecule has 1 spiro atoms. The maximum Gasteiger partial charge on any atom is 0.251 e. The Hall–Kier alpha value is -3.28. The Balaban J connectivity index is 1.38. The van der Waals surface area contributed by atoms with Gasteiger partial charge < -0.3 is 20.1 Å². The average Bonchev–Trinajstić information content (AvgIpc) is 3.09. The van der Waals surface area contributed by atoms with E-state index in [1.807, 2.05) is 18.2 Å². The summed E-state index contributed by atoms with van der Waals surface area (Å²) in [5, 5.41) is 5.42. The second-order valence-corrected chi connectivity index (χ2v) is 7.36. The molecule has 1 saturated carbocycles. The standard InChI is InChI=1S/C23H24N2O4/c1-24-22(27)17-8-5-16(6-9-17)7-12-21(26)25-18-10-11-19-20(15-18)29-23(28-19)13-3-2-4-14-23/h5-12,15H,2-4,13-14H2,1H3,(H,24,27)(H,25,26). The van der Waals surface area contributed by atoms with E-state index in [2.05, 4.69) is 10.6 Å². The number of carbonyl (C=O) groups is 2. The van der Waals surface area contributed by atoms with Crippen LogP contribution in [0.15, 0.2) is 48.5 Å². The zero-order valence-electron chi connectivity index (χ0n) is 16.4. The molecule has 1 fully saturated rings. The van der Waals surface area contributed by atoms with Crippen LogP contribution in [0.1, 0.15) is 48.0 Å². The summed E-state index contributed by atoms with van der Waals surface area (Å²) in [6.07, 6.45) is 8.37. The lowest BCUT2D eigenvalue weighted by atomic mass is 9.94. The van der Waals surface area contributed by atoms with Crippen LogP contribution in [0.25, 0.3) is 6.08 Å². The zero-order chi connectivity index (χ0) is 20.3. The molecule has 0 radical (unpaired) electrons. The molecule has 1 aliphatic heterocycles. The molecule has 0 aromatic heterocycles. The Labute approximate surface area is 169 Å². The normalized spacial score (nSPS) is 16.7. The van der Waals surface area contributed by atoms with Crippen LogP contribution in [-0.2, 0) is 4.79 Å². The molecule has 29 heavy (non-hydrogen) atoms. The van der Waals surface area contributed by atoms with Gasteiger partial charge >= 0.3 is 0 Å². The summed E-state index contributed by atoms with van der Waals surface area (Å²) >= 11 is 0. The Kier molecular flexibility index (Phi) is 5.25. The van der Waals surface area contributed by atoms with Gasteiger partial charge in [0.2, 0.25) is 5.91 Å². The number of hydrogen-bond donors (Lipinski definition) is 2. The Morgan fingerprint density at radius 1 is 0.966 bits per heavy atom. The van der Waals surface area contributed by atoms with Crippen LogP contribution in [-0.4, -0.2) is 24.6 Å². The second-order valence-electron chi connectivity index (χ2n) is 7.36. The highest BCUT2D eigenvalue weighted by atomic mass is 16.7. The first-order valence-corrected chi connectivity index (χ1v) is 9.90. The number of fused-ring (bicyclic) bond motifs is 1. The van der Waals surface area contributed by atoms with Crippen molar-refractivity contribution in [2.75, 3.05) is 12.4 Å². The smallest absolute Gasteiger partial charge is 0.251 e. The second kappa shape index (κ2) is 7.99. The SMILES string of the molecule is CNC(=O)c1ccc(C=CC(=O)Nc2ccc3c(c2)OC2(CCCCC2)O3)cc1. The highest BCUT2D eigenvalue weighted by Crippen LogP contribution is 2.46. The van der Waals surface area contributed by atoms with Crippen LogP contribution in [0.4, 0.5) is 5.69 Å². The largest absolute Gasteiger partial charge is 0.448 e. The molecule has 1 aliphatic carbocycles. The van der Waals surface area contributed by atoms with Crippen molar-refractivity contribution in [3.8, 4) is 11.5 Å². The Bertz CT molecular complexity index is 944. The third-order valence-corrected chi connectivity index (χ3v) is 5.25. The molecule has 6 nitrogen and oxygen atoms in total. The number of carbonyl (C=O) groups excluding carboxylic acids is 2. The third-order valence-electron chi connectivity index (χ3n) is 5.25. The minimum absolute atomic E-state index is 0.143. The van der Waals surface area contributed by atoms with Crippen LogP contribution in [0.3, 0.4) is 0 Å². The van der Waals surface area contributed by atoms with E-state index < -0.39 is 5.79 Å². The van der Waals surface area contributed by atoms with E-state index in [0.29, 0.717) is 17.0 Å². The Morgan fingerprint density at radius 3 is 2.41 bits per heavy atom. The summed E-state index contributed by atoms with van der Waals surface area (Å²) in [4.78, 5) is 23.8. The van der Waals surface area contributed by atoms with Crippen LogP contribution in [0.5, 0.6) is 11.5 Å². The van der Waals surface area contributed by atoms with Gasteiger partial charge in [-0.05, 0) is 48.7 Å². The molecule has 0 saturated heterocycles. The predicted molar refractivity (Wildman–Crippen MR) is 111 cm³/mol. The van der Waals surface area contributed by atoms with Crippen LogP contribution in [0.2, 0.25) is 0 Å². The van der Waals surface area contributed by atoms with Crippen LogP contribution >= 0.6 is 0 Å². The van der Waals surface area contributed by atoms with Gasteiger partial charge in [0, 0.05) is 43.3 Å². The maximum absolute atomic E-state index is 12.3. The third kappa shape index (κ3) is 4.26. The molecule has 2 amide bonds. The van der Waals surface area contributed by atoms with Gasteiger partial charge in [-0.25, -0.2) is 0 Å². The van der Waals surface area contributed by atoms with Gasteiger partial charge in [-0.2, -0.15) is 0 Å². The predicted octanol–water partition coefficient (Wildman–Crippen LogP) is 4.13. The van der Waals surface area contributed by atoms with E-state index in [1.165, 1.54) is 12.5 Å². The monoisotopic (exact) mass is 392 g/mol. The zero-order valence-corrected chi connectivity index (χ0v) is 16.4. The molecule has 4 rings (SSSR count). The van der Waals surface area contributed by atoms with Crippen LogP contribution < -0.4 is 20.1 Å². The van der Waals surface area contributed by atoms with E-state index in [9.17, 15) is 9.59 Å². The summed E-state index contributed by atoms with van der Waals surface area (Å²) in [7, 11) is 1.59. The van der Waals surface area contributed by atoms with E-state index in [-0.39, 0.29) is 11.8 Å². The molecule has 2 N–H and O–H groups in total. The molecular weight excluding hydrogens is 368 g/mol. The van der Waals surface area contributed by atoms with Crippen molar-refractivity contribution >= 4 is 23.6 Å². The summed E-state index contributed by atoms with van der Waals surface area (Å²) < 4.78 is 12.2. The number of amides is 2. The number of anilines is 1. The van der Waals surface area contributed by atoms with Crippen molar-refractivity contribution in [2.45, 2.75) is 37.9 Å². The van der Waals surface area contributed by atoms with Crippen molar-refractivity contribution in [2.24, 2.45) is 0 Å². The summed E-state index contributed by atoms with van der Waals surface area (Å²) in [5.41, 5.74) is 2.06. The summed E-state index contributed by atoms with van der Waals surface area (Å²) in [6.45, 7) is 0. The fourth-order valence-corrected chi connectivity index (χ4v) is 3.71. The molecule has 2 aromatic carbocycles. The van der Waals surface area contributed by atoms with Crippen molar-refractivity contribution in [3.05, 3.63) is 59.7 Å². The van der Waals surface area contributed by atoms with Crippen molar-refractivity contribution in [3.63, 3.8) is 0 Å². The lowest BCUT2D eigenvalue weighted by Gasteiger charge is -2.31. The van der Waals surface area contributed by atoms with Gasteiger partial charge in [-0.3, -0.25) is 9.59 Å². The molecule has 150 valence electrons. The van der Waals surface area contributed by atoms with E-state index in [4.69, 9.17) is 9.47 Å². The van der Waals surface area contributed by atoms with E-state index in [0.717, 1.165) is 37.0 Å². The highest BCUT2D eigenvalue weighted by molar-refractivity contribution is 6.02. The molecule has 1 heterocycles. The number of ether oxygens (including phenoxy) is 2. The fourth-order valence-electron chi connectivity index (χ4n) is 3.71.